The zero-order valence-corrected chi connectivity index (χ0v) is 22.8. The smallest absolute Gasteiger partial charge is 0.128 e. The number of fused-ring (bicyclic) bond motifs is 1. The van der Waals surface area contributed by atoms with Crippen LogP contribution in [0.1, 0.15) is 97.8 Å². The van der Waals surface area contributed by atoms with Crippen molar-refractivity contribution in [2.75, 3.05) is 7.05 Å². The van der Waals surface area contributed by atoms with Crippen molar-refractivity contribution >= 4 is 0 Å². The first-order valence-corrected chi connectivity index (χ1v) is 14.0. The van der Waals surface area contributed by atoms with E-state index in [1.54, 1.807) is 0 Å². The summed E-state index contributed by atoms with van der Waals surface area (Å²) in [5.41, 5.74) is 10.3. The highest BCUT2D eigenvalue weighted by molar-refractivity contribution is 5.70. The van der Waals surface area contributed by atoms with Crippen LogP contribution in [-0.4, -0.2) is 23.0 Å². The van der Waals surface area contributed by atoms with Crippen molar-refractivity contribution in [2.24, 2.45) is 0 Å². The molecule has 0 N–H and O–H groups in total. The van der Waals surface area contributed by atoms with Gasteiger partial charge >= 0.3 is 0 Å². The van der Waals surface area contributed by atoms with Crippen LogP contribution in [0.25, 0.3) is 11.3 Å². The second-order valence-electron chi connectivity index (χ2n) is 11.3. The molecule has 1 aromatic heterocycles. The lowest BCUT2D eigenvalue weighted by Crippen LogP contribution is -2.28. The SMILES string of the molecule is Cc1cccc(C(C)C)c1-c1cc(OC2CCCC2)c(CN(C)C2CCCc3ccccc32)c(C)n1. The van der Waals surface area contributed by atoms with Crippen molar-refractivity contribution in [3.05, 3.63) is 82.0 Å². The van der Waals surface area contributed by atoms with Gasteiger partial charge in [0, 0.05) is 35.5 Å². The molecule has 0 spiro atoms. The van der Waals surface area contributed by atoms with E-state index in [1.807, 2.05) is 0 Å². The number of hydrogen-bond acceptors (Lipinski definition) is 3. The highest BCUT2D eigenvalue weighted by Gasteiger charge is 2.27. The van der Waals surface area contributed by atoms with E-state index in [-0.39, 0.29) is 0 Å². The normalized spacial score (nSPS) is 18.1. The number of hydrogen-bond donors (Lipinski definition) is 0. The molecule has 0 saturated heterocycles. The van der Waals surface area contributed by atoms with Crippen LogP contribution in [0, 0.1) is 13.8 Å². The average molecular weight is 483 g/mol. The molecule has 0 amide bonds. The Labute approximate surface area is 217 Å². The fourth-order valence-electron chi connectivity index (χ4n) is 6.35. The van der Waals surface area contributed by atoms with Crippen LogP contribution >= 0.6 is 0 Å². The Bertz CT molecular complexity index is 1210. The minimum atomic E-state index is 0.320. The first-order chi connectivity index (χ1) is 17.4. The third-order valence-electron chi connectivity index (χ3n) is 8.35. The number of benzene rings is 2. The second kappa shape index (κ2) is 10.8. The van der Waals surface area contributed by atoms with Crippen LogP contribution in [0.4, 0.5) is 0 Å². The van der Waals surface area contributed by atoms with E-state index in [0.29, 0.717) is 18.1 Å². The molecule has 5 rings (SSSR count). The van der Waals surface area contributed by atoms with Crippen LogP contribution in [-0.2, 0) is 13.0 Å². The molecule has 3 aromatic rings. The van der Waals surface area contributed by atoms with E-state index in [1.165, 1.54) is 65.5 Å². The largest absolute Gasteiger partial charge is 0.490 e. The van der Waals surface area contributed by atoms with E-state index in [4.69, 9.17) is 9.72 Å². The lowest BCUT2D eigenvalue weighted by Gasteiger charge is -2.34. The summed E-state index contributed by atoms with van der Waals surface area (Å²) in [5, 5.41) is 0. The van der Waals surface area contributed by atoms with Crippen molar-refractivity contribution in [1.29, 1.82) is 0 Å². The summed E-state index contributed by atoms with van der Waals surface area (Å²) in [4.78, 5) is 7.74. The fraction of sp³-hybridized carbons (Fsp3) is 0.485. The molecule has 1 heterocycles. The summed E-state index contributed by atoms with van der Waals surface area (Å²) < 4.78 is 6.78. The van der Waals surface area contributed by atoms with Gasteiger partial charge in [-0.25, -0.2) is 0 Å². The summed E-state index contributed by atoms with van der Waals surface area (Å²) in [7, 11) is 2.28. The van der Waals surface area contributed by atoms with Gasteiger partial charge in [0.1, 0.15) is 5.75 Å². The average Bonchev–Trinajstić information content (AvgIpc) is 3.38. The van der Waals surface area contributed by atoms with Gasteiger partial charge in [0.15, 0.2) is 0 Å². The van der Waals surface area contributed by atoms with Gasteiger partial charge in [0.25, 0.3) is 0 Å². The zero-order valence-electron chi connectivity index (χ0n) is 22.8. The third kappa shape index (κ3) is 5.09. The molecule has 0 radical (unpaired) electrons. The lowest BCUT2D eigenvalue weighted by atomic mass is 9.87. The van der Waals surface area contributed by atoms with Gasteiger partial charge < -0.3 is 4.74 Å². The van der Waals surface area contributed by atoms with Crippen LogP contribution in [0.5, 0.6) is 5.75 Å². The number of rotatable bonds is 7. The molecule has 2 aromatic carbocycles. The maximum Gasteiger partial charge on any atom is 0.128 e. The van der Waals surface area contributed by atoms with Crippen molar-refractivity contribution in [3.8, 4) is 17.0 Å². The minimum absolute atomic E-state index is 0.320. The predicted octanol–water partition coefficient (Wildman–Crippen LogP) is 8.32. The van der Waals surface area contributed by atoms with Gasteiger partial charge in [-0.05, 0) is 94.0 Å². The predicted molar refractivity (Wildman–Crippen MR) is 150 cm³/mol. The molecule has 3 heteroatoms. The Morgan fingerprint density at radius 1 is 0.972 bits per heavy atom. The molecule has 2 aliphatic rings. The van der Waals surface area contributed by atoms with Gasteiger partial charge in [-0.15, -0.1) is 0 Å². The molecule has 190 valence electrons. The zero-order chi connectivity index (χ0) is 25.2. The Morgan fingerprint density at radius 2 is 1.75 bits per heavy atom. The van der Waals surface area contributed by atoms with Crippen molar-refractivity contribution in [3.63, 3.8) is 0 Å². The molecule has 36 heavy (non-hydrogen) atoms. The van der Waals surface area contributed by atoms with E-state index < -0.39 is 0 Å². The summed E-state index contributed by atoms with van der Waals surface area (Å²) in [6.45, 7) is 9.78. The van der Waals surface area contributed by atoms with Gasteiger partial charge in [0.2, 0.25) is 0 Å². The van der Waals surface area contributed by atoms with Crippen LogP contribution in [0.15, 0.2) is 48.5 Å². The van der Waals surface area contributed by atoms with Crippen LogP contribution < -0.4 is 4.74 Å². The number of aryl methyl sites for hydroxylation is 3. The Balaban J connectivity index is 1.53. The standard InChI is InChI=1S/C33H42N2O/c1-22(2)27-18-10-12-23(3)33(27)30-20-32(36-26-15-7-8-16-26)29(24(4)34-30)21-35(5)31-19-11-14-25-13-6-9-17-28(25)31/h6,9-10,12-13,17-18,20,22,26,31H,7-8,11,14-16,19,21H2,1-5H3. The maximum atomic E-state index is 6.78. The van der Waals surface area contributed by atoms with Gasteiger partial charge in [0.05, 0.1) is 11.8 Å². The summed E-state index contributed by atoms with van der Waals surface area (Å²) in [6.07, 6.45) is 8.82. The second-order valence-corrected chi connectivity index (χ2v) is 11.3. The van der Waals surface area contributed by atoms with E-state index >= 15 is 0 Å². The molecule has 3 nitrogen and oxygen atoms in total. The van der Waals surface area contributed by atoms with Crippen molar-refractivity contribution in [2.45, 2.75) is 97.2 Å². The van der Waals surface area contributed by atoms with Crippen LogP contribution in [0.3, 0.4) is 0 Å². The number of pyridine rings is 1. The minimum Gasteiger partial charge on any atom is -0.490 e. The first-order valence-electron chi connectivity index (χ1n) is 14.0. The number of ether oxygens (including phenoxy) is 1. The Morgan fingerprint density at radius 3 is 2.53 bits per heavy atom. The van der Waals surface area contributed by atoms with Gasteiger partial charge in [-0.3, -0.25) is 9.88 Å². The molecule has 2 aliphatic carbocycles. The molecular formula is C33H42N2O. The molecule has 1 fully saturated rings. The Hall–Kier alpha value is -2.65. The Kier molecular flexibility index (Phi) is 7.48. The lowest BCUT2D eigenvalue weighted by molar-refractivity contribution is 0.189. The maximum absolute atomic E-state index is 6.78. The fourth-order valence-corrected chi connectivity index (χ4v) is 6.35. The third-order valence-corrected chi connectivity index (χ3v) is 8.35. The number of nitrogens with zero attached hydrogens (tertiary/aromatic N) is 2. The van der Waals surface area contributed by atoms with Crippen molar-refractivity contribution < 1.29 is 4.74 Å². The van der Waals surface area contributed by atoms with Crippen molar-refractivity contribution in [1.82, 2.24) is 9.88 Å². The first kappa shape index (κ1) is 25.0. The topological polar surface area (TPSA) is 25.4 Å². The van der Waals surface area contributed by atoms with Crippen LogP contribution in [0.2, 0.25) is 0 Å². The summed E-state index contributed by atoms with van der Waals surface area (Å²) in [6, 6.07) is 18.3. The van der Waals surface area contributed by atoms with Gasteiger partial charge in [-0.1, -0.05) is 56.3 Å². The van der Waals surface area contributed by atoms with E-state index in [0.717, 1.165) is 36.5 Å². The molecule has 0 bridgehead atoms. The summed E-state index contributed by atoms with van der Waals surface area (Å²) >= 11 is 0. The number of aromatic nitrogens is 1. The highest BCUT2D eigenvalue weighted by atomic mass is 16.5. The van der Waals surface area contributed by atoms with Gasteiger partial charge in [-0.2, -0.15) is 0 Å². The molecular weight excluding hydrogens is 440 g/mol. The quantitative estimate of drug-likeness (QED) is 0.338. The molecule has 0 aliphatic heterocycles. The highest BCUT2D eigenvalue weighted by Crippen LogP contribution is 2.39. The molecule has 1 atom stereocenters. The molecule has 1 saturated carbocycles. The molecule has 1 unspecified atom stereocenters. The van der Waals surface area contributed by atoms with E-state index in [9.17, 15) is 0 Å². The monoisotopic (exact) mass is 482 g/mol. The van der Waals surface area contributed by atoms with E-state index in [2.05, 4.69) is 88.2 Å². The summed E-state index contributed by atoms with van der Waals surface area (Å²) in [5.74, 6) is 1.48.